The zero-order valence-electron chi connectivity index (χ0n) is 14.6. The number of carbonyl (C=O) groups excluding carboxylic acids is 1. The van der Waals surface area contributed by atoms with Crippen LogP contribution < -0.4 is 10.2 Å². The number of aryl methyl sites for hydroxylation is 1. The van der Waals surface area contributed by atoms with E-state index in [2.05, 4.69) is 20.2 Å². The van der Waals surface area contributed by atoms with Crippen LogP contribution in [-0.2, 0) is 0 Å². The van der Waals surface area contributed by atoms with Crippen LogP contribution in [0, 0.1) is 23.0 Å². The molecule has 1 aliphatic rings. The van der Waals surface area contributed by atoms with Crippen LogP contribution in [0.5, 0.6) is 0 Å². The van der Waals surface area contributed by atoms with Crippen molar-refractivity contribution in [1.82, 2.24) is 15.3 Å². The van der Waals surface area contributed by atoms with E-state index < -0.39 is 4.92 Å². The first kappa shape index (κ1) is 17.8. The normalized spacial score (nSPS) is 14.9. The Kier molecular flexibility index (Phi) is 5.40. The molecule has 1 amide bonds. The molecule has 0 aliphatic carbocycles. The number of hydrogen-bond acceptors (Lipinski definition) is 6. The number of nitro benzene ring substituents is 1. The molecule has 1 aliphatic heterocycles. The zero-order valence-corrected chi connectivity index (χ0v) is 14.6. The topological polar surface area (TPSA) is 101 Å². The van der Waals surface area contributed by atoms with Crippen LogP contribution in [-0.4, -0.2) is 40.4 Å². The molecule has 26 heavy (non-hydrogen) atoms. The van der Waals surface area contributed by atoms with Crippen molar-refractivity contribution in [1.29, 1.82) is 0 Å². The van der Waals surface area contributed by atoms with Gasteiger partial charge < -0.3 is 10.2 Å². The number of benzene rings is 1. The van der Waals surface area contributed by atoms with E-state index in [-0.39, 0.29) is 11.6 Å². The first-order chi connectivity index (χ1) is 12.5. The fraction of sp³-hybridized carbons (Fsp3) is 0.389. The number of anilines is 1. The number of nitrogens with one attached hydrogen (secondary N) is 1. The van der Waals surface area contributed by atoms with Gasteiger partial charge in [0.2, 0.25) is 0 Å². The Labute approximate surface area is 151 Å². The predicted molar refractivity (Wildman–Crippen MR) is 97.1 cm³/mol. The van der Waals surface area contributed by atoms with E-state index in [1.54, 1.807) is 31.6 Å². The first-order valence-corrected chi connectivity index (χ1v) is 8.59. The molecule has 0 radical (unpaired) electrons. The quantitative estimate of drug-likeness (QED) is 0.652. The highest BCUT2D eigenvalue weighted by Gasteiger charge is 2.21. The first-order valence-electron chi connectivity index (χ1n) is 8.59. The van der Waals surface area contributed by atoms with Crippen molar-refractivity contribution in [2.75, 3.05) is 24.5 Å². The average molecular weight is 355 g/mol. The molecule has 1 aromatic heterocycles. The molecule has 8 heteroatoms. The third-order valence-electron chi connectivity index (χ3n) is 4.70. The summed E-state index contributed by atoms with van der Waals surface area (Å²) in [4.78, 5) is 33.3. The minimum absolute atomic E-state index is 0.0259. The summed E-state index contributed by atoms with van der Waals surface area (Å²) in [6.07, 6.45) is 7.05. The summed E-state index contributed by atoms with van der Waals surface area (Å²) in [5.41, 5.74) is 0.961. The Balaban J connectivity index is 1.50. The summed E-state index contributed by atoms with van der Waals surface area (Å²) in [5.74, 6) is 1.10. The van der Waals surface area contributed by atoms with Crippen molar-refractivity contribution < 1.29 is 9.72 Å². The lowest BCUT2D eigenvalue weighted by molar-refractivity contribution is -0.385. The molecule has 2 heterocycles. The van der Waals surface area contributed by atoms with Crippen LogP contribution in [0.25, 0.3) is 0 Å². The number of carbonyl (C=O) groups is 1. The van der Waals surface area contributed by atoms with Gasteiger partial charge in [-0.05, 0) is 37.8 Å². The average Bonchev–Trinajstić information content (AvgIpc) is 2.67. The molecule has 0 saturated carbocycles. The number of piperidine rings is 1. The van der Waals surface area contributed by atoms with Gasteiger partial charge >= 0.3 is 0 Å². The van der Waals surface area contributed by atoms with Crippen molar-refractivity contribution in [2.45, 2.75) is 19.8 Å². The highest BCUT2D eigenvalue weighted by molar-refractivity contribution is 5.94. The second-order valence-electron chi connectivity index (χ2n) is 6.46. The molecule has 8 nitrogen and oxygen atoms in total. The van der Waals surface area contributed by atoms with Crippen molar-refractivity contribution in [3.05, 3.63) is 58.0 Å². The molecular formula is C18H21N5O3. The Morgan fingerprint density at radius 3 is 2.73 bits per heavy atom. The zero-order chi connectivity index (χ0) is 18.5. The Morgan fingerprint density at radius 1 is 1.35 bits per heavy atom. The largest absolute Gasteiger partial charge is 0.355 e. The number of hydrogen-bond donors (Lipinski definition) is 1. The molecule has 0 bridgehead atoms. The van der Waals surface area contributed by atoms with Gasteiger partial charge in [-0.25, -0.2) is 4.98 Å². The monoisotopic (exact) mass is 355 g/mol. The second-order valence-corrected chi connectivity index (χ2v) is 6.46. The standard InChI is InChI=1S/C18H21N5O3/c1-13-10-15(2-3-16(13)23(25)26)18(24)21-11-14-4-8-22(9-5-14)17-12-19-6-7-20-17/h2-3,6-7,10,12,14H,4-5,8-9,11H2,1H3,(H,21,24). The van der Waals surface area contributed by atoms with E-state index in [9.17, 15) is 14.9 Å². The molecule has 1 saturated heterocycles. The molecule has 0 atom stereocenters. The van der Waals surface area contributed by atoms with Crippen LogP contribution in [0.3, 0.4) is 0 Å². The number of aromatic nitrogens is 2. The fourth-order valence-electron chi connectivity index (χ4n) is 3.16. The van der Waals surface area contributed by atoms with Gasteiger partial charge in [-0.1, -0.05) is 0 Å². The Hall–Kier alpha value is -3.03. The van der Waals surface area contributed by atoms with Crippen molar-refractivity contribution >= 4 is 17.4 Å². The SMILES string of the molecule is Cc1cc(C(=O)NCC2CCN(c3cnccn3)CC2)ccc1[N+](=O)[O-]. The van der Waals surface area contributed by atoms with Crippen LogP contribution in [0.4, 0.5) is 11.5 Å². The maximum Gasteiger partial charge on any atom is 0.272 e. The third-order valence-corrected chi connectivity index (χ3v) is 4.70. The summed E-state index contributed by atoms with van der Waals surface area (Å²) in [6, 6.07) is 4.44. The van der Waals surface area contributed by atoms with Crippen LogP contribution >= 0.6 is 0 Å². The maximum atomic E-state index is 12.3. The van der Waals surface area contributed by atoms with Gasteiger partial charge in [-0.2, -0.15) is 0 Å². The molecule has 1 fully saturated rings. The summed E-state index contributed by atoms with van der Waals surface area (Å²) in [6.45, 7) is 4.01. The van der Waals surface area contributed by atoms with Gasteiger partial charge in [-0.3, -0.25) is 19.9 Å². The van der Waals surface area contributed by atoms with E-state index >= 15 is 0 Å². The Morgan fingerprint density at radius 2 is 2.12 bits per heavy atom. The second kappa shape index (κ2) is 7.90. The van der Waals surface area contributed by atoms with Crippen LogP contribution in [0.1, 0.15) is 28.8 Å². The van der Waals surface area contributed by atoms with E-state index in [4.69, 9.17) is 0 Å². The molecular weight excluding hydrogens is 334 g/mol. The molecule has 1 aromatic carbocycles. The van der Waals surface area contributed by atoms with Crippen molar-refractivity contribution in [3.8, 4) is 0 Å². The maximum absolute atomic E-state index is 12.3. The van der Waals surface area contributed by atoms with E-state index in [1.807, 2.05) is 0 Å². The minimum atomic E-state index is -0.443. The van der Waals surface area contributed by atoms with Gasteiger partial charge in [-0.15, -0.1) is 0 Å². The fourth-order valence-corrected chi connectivity index (χ4v) is 3.16. The summed E-state index contributed by atoms with van der Waals surface area (Å²) in [5, 5.41) is 13.8. The molecule has 136 valence electrons. The lowest BCUT2D eigenvalue weighted by Crippen LogP contribution is -2.39. The summed E-state index contributed by atoms with van der Waals surface area (Å²) in [7, 11) is 0. The number of rotatable bonds is 5. The van der Waals surface area contributed by atoms with E-state index in [0.717, 1.165) is 31.7 Å². The number of amides is 1. The molecule has 3 rings (SSSR count). The third kappa shape index (κ3) is 4.14. The van der Waals surface area contributed by atoms with Gasteiger partial charge in [0.05, 0.1) is 11.1 Å². The number of nitrogens with zero attached hydrogens (tertiary/aromatic N) is 4. The Bertz CT molecular complexity index is 789. The van der Waals surface area contributed by atoms with Gasteiger partial charge in [0.15, 0.2) is 0 Å². The number of nitro groups is 1. The minimum Gasteiger partial charge on any atom is -0.355 e. The lowest BCUT2D eigenvalue weighted by atomic mass is 9.96. The smallest absolute Gasteiger partial charge is 0.272 e. The van der Waals surface area contributed by atoms with E-state index in [1.165, 1.54) is 12.1 Å². The molecule has 1 N–H and O–H groups in total. The van der Waals surface area contributed by atoms with Gasteiger partial charge in [0.1, 0.15) is 5.82 Å². The molecule has 0 spiro atoms. The predicted octanol–water partition coefficient (Wildman–Crippen LogP) is 2.34. The highest BCUT2D eigenvalue weighted by Crippen LogP contribution is 2.21. The van der Waals surface area contributed by atoms with Gasteiger partial charge in [0.25, 0.3) is 11.6 Å². The highest BCUT2D eigenvalue weighted by atomic mass is 16.6. The van der Waals surface area contributed by atoms with Crippen molar-refractivity contribution in [3.63, 3.8) is 0 Å². The summed E-state index contributed by atoms with van der Waals surface area (Å²) >= 11 is 0. The van der Waals surface area contributed by atoms with Gasteiger partial charge in [0, 0.05) is 49.2 Å². The van der Waals surface area contributed by atoms with E-state index in [0.29, 0.717) is 23.6 Å². The summed E-state index contributed by atoms with van der Waals surface area (Å²) < 4.78 is 0. The molecule has 0 unspecified atom stereocenters. The van der Waals surface area contributed by atoms with Crippen LogP contribution in [0.2, 0.25) is 0 Å². The van der Waals surface area contributed by atoms with Crippen LogP contribution in [0.15, 0.2) is 36.8 Å². The van der Waals surface area contributed by atoms with Crippen molar-refractivity contribution in [2.24, 2.45) is 5.92 Å². The lowest BCUT2D eigenvalue weighted by Gasteiger charge is -2.32. The molecule has 2 aromatic rings.